The van der Waals surface area contributed by atoms with Crippen molar-refractivity contribution in [3.63, 3.8) is 0 Å². The third-order valence-electron chi connectivity index (χ3n) is 6.27. The van der Waals surface area contributed by atoms with Gasteiger partial charge in [0.15, 0.2) is 0 Å². The van der Waals surface area contributed by atoms with E-state index < -0.39 is 0 Å². The smallest absolute Gasteiger partial charge is 0.228 e. The molecule has 1 aliphatic rings. The van der Waals surface area contributed by atoms with Gasteiger partial charge in [0, 0.05) is 31.6 Å². The lowest BCUT2D eigenvalue weighted by Gasteiger charge is -2.39. The van der Waals surface area contributed by atoms with Gasteiger partial charge in [0.1, 0.15) is 11.6 Å². The fourth-order valence-electron chi connectivity index (χ4n) is 4.55. The summed E-state index contributed by atoms with van der Waals surface area (Å²) in [7, 11) is 0. The summed E-state index contributed by atoms with van der Waals surface area (Å²) in [6.07, 6.45) is 0.278. The monoisotopic (exact) mass is 446 g/mol. The summed E-state index contributed by atoms with van der Waals surface area (Å²) in [4.78, 5) is 17.1. The number of nitrogens with zero attached hydrogens (tertiary/aromatic N) is 3. The van der Waals surface area contributed by atoms with Crippen LogP contribution in [0.3, 0.4) is 0 Å². The van der Waals surface area contributed by atoms with E-state index in [9.17, 15) is 13.6 Å². The predicted octanol–water partition coefficient (Wildman–Crippen LogP) is 4.32. The van der Waals surface area contributed by atoms with Crippen molar-refractivity contribution in [3.8, 4) is 0 Å². The molecule has 0 unspecified atom stereocenters. The zero-order valence-corrected chi connectivity index (χ0v) is 18.0. The lowest BCUT2D eigenvalue weighted by atomic mass is 9.96. The van der Waals surface area contributed by atoms with Gasteiger partial charge in [0.05, 0.1) is 23.7 Å². The fourth-order valence-corrected chi connectivity index (χ4v) is 4.55. The minimum Gasteiger partial charge on any atom is -0.340 e. The molecular formula is C26H24F2N4O. The van der Waals surface area contributed by atoms with Gasteiger partial charge in [-0.05, 0) is 41.5 Å². The van der Waals surface area contributed by atoms with Crippen molar-refractivity contribution in [2.75, 3.05) is 26.2 Å². The van der Waals surface area contributed by atoms with E-state index in [-0.39, 0.29) is 30.0 Å². The van der Waals surface area contributed by atoms with Crippen molar-refractivity contribution in [1.82, 2.24) is 20.0 Å². The summed E-state index contributed by atoms with van der Waals surface area (Å²) in [5.74, 6) is -0.527. The Balaban J connectivity index is 1.30. The number of carbonyl (C=O) groups is 1. The maximum absolute atomic E-state index is 13.5. The van der Waals surface area contributed by atoms with Gasteiger partial charge in [0.25, 0.3) is 0 Å². The highest BCUT2D eigenvalue weighted by Gasteiger charge is 2.28. The number of para-hydroxylation sites is 1. The Kier molecular flexibility index (Phi) is 5.88. The zero-order chi connectivity index (χ0) is 22.8. The Bertz CT molecular complexity index is 1200. The lowest BCUT2D eigenvalue weighted by molar-refractivity contribution is -0.132. The number of hydrogen-bond acceptors (Lipinski definition) is 3. The summed E-state index contributed by atoms with van der Waals surface area (Å²) >= 11 is 0. The Morgan fingerprint density at radius 1 is 0.848 bits per heavy atom. The summed E-state index contributed by atoms with van der Waals surface area (Å²) < 4.78 is 27.1. The van der Waals surface area contributed by atoms with Crippen LogP contribution in [0.25, 0.3) is 10.9 Å². The van der Waals surface area contributed by atoms with Crippen LogP contribution in [0.4, 0.5) is 8.78 Å². The van der Waals surface area contributed by atoms with Gasteiger partial charge >= 0.3 is 0 Å². The van der Waals surface area contributed by atoms with Crippen LogP contribution in [0.5, 0.6) is 0 Å². The molecule has 1 fully saturated rings. The molecule has 0 aliphatic carbocycles. The van der Waals surface area contributed by atoms with Crippen molar-refractivity contribution in [2.45, 2.75) is 12.5 Å². The second-order valence-electron chi connectivity index (χ2n) is 8.32. The van der Waals surface area contributed by atoms with Crippen LogP contribution in [0, 0.1) is 11.6 Å². The molecule has 1 saturated heterocycles. The molecule has 1 amide bonds. The molecule has 0 saturated carbocycles. The van der Waals surface area contributed by atoms with Gasteiger partial charge < -0.3 is 4.90 Å². The highest BCUT2D eigenvalue weighted by atomic mass is 19.1. The molecule has 1 aliphatic heterocycles. The standard InChI is InChI=1S/C26H24F2N4O/c27-20-9-5-18(6-10-20)26(19-7-11-21(28)12-8-19)32-15-13-31(14-16-32)25(33)17-24-22-3-1-2-4-23(22)29-30-24/h1-12,26H,13-17H2,(H,29,30). The van der Waals surface area contributed by atoms with E-state index in [1.165, 1.54) is 24.3 Å². The Hall–Kier alpha value is -3.58. The molecule has 2 heterocycles. The van der Waals surface area contributed by atoms with Crippen LogP contribution >= 0.6 is 0 Å². The predicted molar refractivity (Wildman–Crippen MR) is 123 cm³/mol. The molecular weight excluding hydrogens is 422 g/mol. The zero-order valence-electron chi connectivity index (χ0n) is 18.0. The van der Waals surface area contributed by atoms with E-state index in [0.29, 0.717) is 26.2 Å². The summed E-state index contributed by atoms with van der Waals surface area (Å²) in [6.45, 7) is 2.50. The molecule has 1 N–H and O–H groups in total. The van der Waals surface area contributed by atoms with Crippen LogP contribution in [-0.2, 0) is 11.2 Å². The molecule has 5 nitrogen and oxygen atoms in total. The summed E-state index contributed by atoms with van der Waals surface area (Å²) in [6, 6.07) is 20.5. The molecule has 7 heteroatoms. The highest BCUT2D eigenvalue weighted by Crippen LogP contribution is 2.30. The normalized spacial score (nSPS) is 14.8. The molecule has 1 aromatic heterocycles. The van der Waals surface area contributed by atoms with Gasteiger partial charge in [-0.15, -0.1) is 0 Å². The number of H-pyrrole nitrogens is 1. The largest absolute Gasteiger partial charge is 0.340 e. The molecule has 5 rings (SSSR count). The molecule has 168 valence electrons. The molecule has 0 bridgehead atoms. The van der Waals surface area contributed by atoms with Gasteiger partial charge in [0.2, 0.25) is 5.91 Å². The quantitative estimate of drug-likeness (QED) is 0.497. The fraction of sp³-hybridized carbons (Fsp3) is 0.231. The maximum Gasteiger partial charge on any atom is 0.228 e. The molecule has 33 heavy (non-hydrogen) atoms. The summed E-state index contributed by atoms with van der Waals surface area (Å²) in [5.41, 5.74) is 3.55. The number of rotatable bonds is 5. The first-order valence-electron chi connectivity index (χ1n) is 11.0. The van der Waals surface area contributed by atoms with Crippen LogP contribution in [0.2, 0.25) is 0 Å². The number of piperazine rings is 1. The van der Waals surface area contributed by atoms with Gasteiger partial charge in [-0.1, -0.05) is 42.5 Å². The Morgan fingerprint density at radius 2 is 1.42 bits per heavy atom. The first kappa shape index (κ1) is 21.3. The van der Waals surface area contributed by atoms with Crippen molar-refractivity contribution in [1.29, 1.82) is 0 Å². The number of amides is 1. The van der Waals surface area contributed by atoms with Crippen molar-refractivity contribution in [3.05, 3.63) is 101 Å². The van der Waals surface area contributed by atoms with Crippen LogP contribution < -0.4 is 0 Å². The van der Waals surface area contributed by atoms with Gasteiger partial charge in [-0.3, -0.25) is 14.8 Å². The number of aromatic amines is 1. The maximum atomic E-state index is 13.5. The molecule has 0 radical (unpaired) electrons. The van der Waals surface area contributed by atoms with Crippen LogP contribution in [0.1, 0.15) is 22.9 Å². The minimum absolute atomic E-state index is 0.0594. The Morgan fingerprint density at radius 3 is 2.03 bits per heavy atom. The van der Waals surface area contributed by atoms with Gasteiger partial charge in [-0.2, -0.15) is 5.10 Å². The van der Waals surface area contributed by atoms with Crippen molar-refractivity contribution < 1.29 is 13.6 Å². The minimum atomic E-state index is -0.293. The number of halogens is 2. The van der Waals surface area contributed by atoms with E-state index in [1.54, 1.807) is 24.3 Å². The number of benzene rings is 3. The number of nitrogens with one attached hydrogen (secondary N) is 1. The van der Waals surface area contributed by atoms with E-state index in [1.807, 2.05) is 29.2 Å². The molecule has 0 atom stereocenters. The average molecular weight is 447 g/mol. The third kappa shape index (κ3) is 4.50. The van der Waals surface area contributed by atoms with Crippen molar-refractivity contribution >= 4 is 16.8 Å². The molecule has 3 aromatic carbocycles. The van der Waals surface area contributed by atoms with Crippen LogP contribution in [0.15, 0.2) is 72.8 Å². The molecule has 4 aromatic rings. The van der Waals surface area contributed by atoms with Crippen LogP contribution in [-0.4, -0.2) is 52.1 Å². The second-order valence-corrected chi connectivity index (χ2v) is 8.32. The van der Waals surface area contributed by atoms with E-state index >= 15 is 0 Å². The van der Waals surface area contributed by atoms with E-state index in [2.05, 4.69) is 15.1 Å². The average Bonchev–Trinajstić information content (AvgIpc) is 3.25. The first-order valence-corrected chi connectivity index (χ1v) is 11.0. The first-order chi connectivity index (χ1) is 16.1. The highest BCUT2D eigenvalue weighted by molar-refractivity contribution is 5.87. The van der Waals surface area contributed by atoms with E-state index in [0.717, 1.165) is 27.7 Å². The van der Waals surface area contributed by atoms with Crippen molar-refractivity contribution in [2.24, 2.45) is 0 Å². The van der Waals surface area contributed by atoms with E-state index in [4.69, 9.17) is 0 Å². The SMILES string of the molecule is O=C(Cc1[nH]nc2ccccc12)N1CCN(C(c2ccc(F)cc2)c2ccc(F)cc2)CC1. The number of carbonyl (C=O) groups excluding carboxylic acids is 1. The number of aromatic nitrogens is 2. The second kappa shape index (κ2) is 9.11. The number of fused-ring (bicyclic) bond motifs is 1. The van der Waals surface area contributed by atoms with Gasteiger partial charge in [-0.25, -0.2) is 8.78 Å². The number of hydrogen-bond donors (Lipinski definition) is 1. The third-order valence-corrected chi connectivity index (χ3v) is 6.27. The summed E-state index contributed by atoms with van der Waals surface area (Å²) in [5, 5.41) is 8.24. The lowest BCUT2D eigenvalue weighted by Crippen LogP contribution is -2.50. The Labute approximate surface area is 190 Å². The topological polar surface area (TPSA) is 52.2 Å². The molecule has 0 spiro atoms.